The molecule has 41 heavy (non-hydrogen) atoms. The van der Waals surface area contributed by atoms with E-state index in [1.165, 1.54) is 11.1 Å². The summed E-state index contributed by atoms with van der Waals surface area (Å²) >= 11 is 0. The van der Waals surface area contributed by atoms with Crippen LogP contribution in [-0.2, 0) is 7.05 Å². The van der Waals surface area contributed by atoms with Crippen LogP contribution in [0.3, 0.4) is 0 Å². The lowest BCUT2D eigenvalue weighted by Gasteiger charge is -2.09. The van der Waals surface area contributed by atoms with Crippen LogP contribution < -0.4 is 0 Å². The zero-order valence-corrected chi connectivity index (χ0v) is 22.4. The van der Waals surface area contributed by atoms with Gasteiger partial charge in [-0.05, 0) is 58.1 Å². The molecule has 0 saturated heterocycles. The summed E-state index contributed by atoms with van der Waals surface area (Å²) in [6, 6.07) is 38.8. The van der Waals surface area contributed by atoms with Crippen LogP contribution in [0, 0.1) is 0 Å². The molecule has 0 fully saturated rings. The number of phenols is 1. The first-order valence-electron chi connectivity index (χ1n) is 13.5. The van der Waals surface area contributed by atoms with Crippen LogP contribution in [-0.4, -0.2) is 24.6 Å². The summed E-state index contributed by atoms with van der Waals surface area (Å²) in [6.07, 6.45) is 5.52. The fourth-order valence-electron chi connectivity index (χ4n) is 5.32. The average molecular weight is 531 g/mol. The number of aryl methyl sites for hydroxylation is 1. The van der Waals surface area contributed by atoms with Crippen molar-refractivity contribution in [1.29, 1.82) is 0 Å². The van der Waals surface area contributed by atoms with Gasteiger partial charge in [-0.2, -0.15) is 0 Å². The molecule has 3 heterocycles. The maximum atomic E-state index is 10.5. The predicted molar refractivity (Wildman–Crippen MR) is 165 cm³/mol. The van der Waals surface area contributed by atoms with Crippen molar-refractivity contribution in [2.75, 3.05) is 0 Å². The van der Waals surface area contributed by atoms with E-state index in [1.54, 1.807) is 6.07 Å². The highest BCUT2D eigenvalue weighted by Gasteiger charge is 2.17. The van der Waals surface area contributed by atoms with Crippen LogP contribution in [0.15, 0.2) is 134 Å². The van der Waals surface area contributed by atoms with E-state index in [4.69, 9.17) is 9.97 Å². The van der Waals surface area contributed by atoms with Crippen molar-refractivity contribution < 1.29 is 5.11 Å². The molecule has 1 N–H and O–H groups in total. The molecule has 0 radical (unpaired) electrons. The lowest BCUT2D eigenvalue weighted by molar-refractivity contribution is 0.476. The van der Waals surface area contributed by atoms with Crippen LogP contribution in [0.2, 0.25) is 0 Å². The third-order valence-corrected chi connectivity index (χ3v) is 7.49. The first kappa shape index (κ1) is 24.5. The lowest BCUT2D eigenvalue weighted by atomic mass is 9.98. The van der Waals surface area contributed by atoms with Gasteiger partial charge in [-0.25, -0.2) is 4.98 Å². The summed E-state index contributed by atoms with van der Waals surface area (Å²) in [6.45, 7) is 0. The second-order valence-electron chi connectivity index (χ2n) is 10.0. The Bertz CT molecular complexity index is 2010. The number of imidazole rings is 1. The van der Waals surface area contributed by atoms with Crippen LogP contribution in [0.1, 0.15) is 0 Å². The third kappa shape index (κ3) is 4.53. The quantitative estimate of drug-likeness (QED) is 0.243. The first-order chi connectivity index (χ1) is 20.2. The van der Waals surface area contributed by atoms with Gasteiger partial charge in [0.15, 0.2) is 0 Å². The zero-order valence-electron chi connectivity index (χ0n) is 22.4. The summed E-state index contributed by atoms with van der Waals surface area (Å²) in [5.74, 6) is 0.888. The van der Waals surface area contributed by atoms with Gasteiger partial charge < -0.3 is 9.67 Å². The molecule has 5 nitrogen and oxygen atoms in total. The smallest absolute Gasteiger partial charge is 0.144 e. The third-order valence-electron chi connectivity index (χ3n) is 7.49. The molecular weight excluding hydrogens is 504 g/mol. The van der Waals surface area contributed by atoms with Crippen LogP contribution in [0.4, 0.5) is 0 Å². The number of hydrogen-bond acceptors (Lipinski definition) is 4. The van der Waals surface area contributed by atoms with E-state index < -0.39 is 0 Å². The Morgan fingerprint density at radius 3 is 2.07 bits per heavy atom. The van der Waals surface area contributed by atoms with Crippen LogP contribution in [0.25, 0.3) is 67.1 Å². The van der Waals surface area contributed by atoms with Crippen molar-refractivity contribution in [3.05, 3.63) is 134 Å². The maximum absolute atomic E-state index is 10.5. The highest BCUT2D eigenvalue weighted by molar-refractivity contribution is 5.94. The molecule has 0 saturated carbocycles. The van der Waals surface area contributed by atoms with Gasteiger partial charge in [0.05, 0.1) is 23.0 Å². The number of hydrogen-bond donors (Lipinski definition) is 1. The van der Waals surface area contributed by atoms with Crippen molar-refractivity contribution in [2.24, 2.45) is 7.05 Å². The van der Waals surface area contributed by atoms with Crippen molar-refractivity contribution in [3.63, 3.8) is 0 Å². The molecule has 0 aliphatic carbocycles. The first-order valence-corrected chi connectivity index (χ1v) is 13.5. The number of fused-ring (bicyclic) bond motifs is 1. The normalized spacial score (nSPS) is 11.1. The van der Waals surface area contributed by atoms with Gasteiger partial charge in [0, 0.05) is 30.6 Å². The van der Waals surface area contributed by atoms with Crippen molar-refractivity contribution in [2.45, 2.75) is 0 Å². The molecule has 0 unspecified atom stereocenters. The predicted octanol–water partition coefficient (Wildman–Crippen LogP) is 8.40. The van der Waals surface area contributed by atoms with E-state index in [0.717, 1.165) is 44.5 Å². The topological polar surface area (TPSA) is 63.8 Å². The SMILES string of the molecule is Cn1c(-c2ccccc2O)nc2c(-c3cccc(-c4cc(-c5ccc(-c6ccccc6)cc5)ccn4)c3)cncc21. The summed E-state index contributed by atoms with van der Waals surface area (Å²) in [5.41, 5.74) is 10.9. The second-order valence-corrected chi connectivity index (χ2v) is 10.0. The Hall–Kier alpha value is -5.55. The summed E-state index contributed by atoms with van der Waals surface area (Å²) in [4.78, 5) is 14.2. The molecule has 3 aromatic heterocycles. The number of nitrogens with zero attached hydrogens (tertiary/aromatic N) is 4. The standard InChI is InChI=1S/C36H26N4O/c1-40-33-23-37-22-31(35(33)39-36(40)30-12-5-6-13-34(30)41)28-10-7-11-29(20-28)32-21-27(18-19-38-32)26-16-14-25(15-17-26)24-8-3-2-4-9-24/h2-23,41H,1H3. The fourth-order valence-corrected chi connectivity index (χ4v) is 5.32. The van der Waals surface area contributed by atoms with Crippen molar-refractivity contribution >= 4 is 11.0 Å². The van der Waals surface area contributed by atoms with Crippen molar-refractivity contribution in [3.8, 4) is 61.8 Å². The molecule has 0 atom stereocenters. The second kappa shape index (κ2) is 10.2. The molecule has 0 bridgehead atoms. The monoisotopic (exact) mass is 530 g/mol. The van der Waals surface area contributed by atoms with E-state index in [9.17, 15) is 5.11 Å². The van der Waals surface area contributed by atoms with Crippen molar-refractivity contribution in [1.82, 2.24) is 19.5 Å². The Labute approximate surface area is 238 Å². The fraction of sp³-hybridized carbons (Fsp3) is 0.0278. The Morgan fingerprint density at radius 2 is 1.27 bits per heavy atom. The van der Waals surface area contributed by atoms with Gasteiger partial charge in [-0.3, -0.25) is 9.97 Å². The molecule has 196 valence electrons. The van der Waals surface area contributed by atoms with E-state index in [-0.39, 0.29) is 5.75 Å². The van der Waals surface area contributed by atoms with Gasteiger partial charge in [-0.1, -0.05) is 84.9 Å². The minimum atomic E-state index is 0.197. The highest BCUT2D eigenvalue weighted by Crippen LogP contribution is 2.35. The molecule has 0 aliphatic rings. The van der Waals surface area contributed by atoms with E-state index in [0.29, 0.717) is 11.4 Å². The minimum Gasteiger partial charge on any atom is -0.507 e. The van der Waals surface area contributed by atoms with Crippen LogP contribution >= 0.6 is 0 Å². The zero-order chi connectivity index (χ0) is 27.8. The minimum absolute atomic E-state index is 0.197. The molecule has 0 amide bonds. The van der Waals surface area contributed by atoms with Gasteiger partial charge in [0.1, 0.15) is 17.1 Å². The number of benzene rings is 4. The van der Waals surface area contributed by atoms with Crippen LogP contribution in [0.5, 0.6) is 5.75 Å². The number of aromatic hydroxyl groups is 1. The number of aromatic nitrogens is 4. The highest BCUT2D eigenvalue weighted by atomic mass is 16.3. The summed E-state index contributed by atoms with van der Waals surface area (Å²) in [5, 5.41) is 10.5. The molecular formula is C36H26N4O. The number of phenolic OH excluding ortho intramolecular Hbond substituents is 1. The summed E-state index contributed by atoms with van der Waals surface area (Å²) in [7, 11) is 1.95. The van der Waals surface area contributed by atoms with E-state index in [2.05, 4.69) is 77.8 Å². The molecule has 4 aromatic carbocycles. The van der Waals surface area contributed by atoms with Gasteiger partial charge in [-0.15, -0.1) is 0 Å². The Morgan fingerprint density at radius 1 is 0.585 bits per heavy atom. The number of rotatable bonds is 5. The average Bonchev–Trinajstić information content (AvgIpc) is 3.38. The number of para-hydroxylation sites is 1. The van der Waals surface area contributed by atoms with Gasteiger partial charge in [0.2, 0.25) is 0 Å². The molecule has 0 spiro atoms. The van der Waals surface area contributed by atoms with Gasteiger partial charge >= 0.3 is 0 Å². The lowest BCUT2D eigenvalue weighted by Crippen LogP contribution is -1.93. The maximum Gasteiger partial charge on any atom is 0.144 e. The number of pyridine rings is 2. The Kier molecular flexibility index (Phi) is 6.10. The molecule has 0 aliphatic heterocycles. The largest absolute Gasteiger partial charge is 0.507 e. The molecule has 7 rings (SSSR count). The molecule has 5 heteroatoms. The summed E-state index contributed by atoms with van der Waals surface area (Å²) < 4.78 is 1.97. The van der Waals surface area contributed by atoms with E-state index in [1.807, 2.05) is 66.6 Å². The molecule has 7 aromatic rings. The Balaban J connectivity index is 1.25. The van der Waals surface area contributed by atoms with E-state index >= 15 is 0 Å². The van der Waals surface area contributed by atoms with Gasteiger partial charge in [0.25, 0.3) is 0 Å².